The molecular formula is C51H30N4O2. The monoisotopic (exact) mass is 730 g/mol. The first-order valence-electron chi connectivity index (χ1n) is 19.0. The Labute approximate surface area is 325 Å². The molecule has 6 heteroatoms. The van der Waals surface area contributed by atoms with Crippen LogP contribution in [0, 0.1) is 0 Å². The van der Waals surface area contributed by atoms with Crippen LogP contribution in [0.2, 0.25) is 0 Å². The zero-order valence-corrected chi connectivity index (χ0v) is 30.4. The maximum absolute atomic E-state index is 6.52. The largest absolute Gasteiger partial charge is 0.456 e. The maximum Gasteiger partial charge on any atom is 0.166 e. The van der Waals surface area contributed by atoms with Gasteiger partial charge in [-0.3, -0.25) is 0 Å². The van der Waals surface area contributed by atoms with E-state index in [4.69, 9.17) is 23.8 Å². The lowest BCUT2D eigenvalue weighted by Crippen LogP contribution is -2.03. The van der Waals surface area contributed by atoms with E-state index in [0.29, 0.717) is 17.5 Å². The quantitative estimate of drug-likeness (QED) is 0.176. The van der Waals surface area contributed by atoms with Gasteiger partial charge >= 0.3 is 0 Å². The molecule has 0 saturated carbocycles. The average Bonchev–Trinajstić information content (AvgIpc) is 3.95. The highest BCUT2D eigenvalue weighted by atomic mass is 16.3. The lowest BCUT2D eigenvalue weighted by atomic mass is 10.00. The fraction of sp³-hybridized carbons (Fsp3) is 0. The van der Waals surface area contributed by atoms with Crippen molar-refractivity contribution in [3.05, 3.63) is 182 Å². The summed E-state index contributed by atoms with van der Waals surface area (Å²) in [5.41, 5.74) is 11.3. The van der Waals surface area contributed by atoms with Crippen molar-refractivity contribution in [3.8, 4) is 51.0 Å². The van der Waals surface area contributed by atoms with E-state index in [1.54, 1.807) is 0 Å². The molecular weight excluding hydrogens is 701 g/mol. The van der Waals surface area contributed by atoms with Gasteiger partial charge in [-0.1, -0.05) is 127 Å². The Kier molecular flexibility index (Phi) is 6.83. The highest BCUT2D eigenvalue weighted by Crippen LogP contribution is 2.40. The molecule has 0 radical (unpaired) electrons. The SMILES string of the molecule is c1ccc(-c2nc(-c3ccc4c(c3)oc3ccc(-c5cccc6c5oc5ccccc56)cc34)nc(-c3ccccc3-n3c4ccccc4c4ccccc43)n2)cc1. The Hall–Kier alpha value is -7.83. The van der Waals surface area contributed by atoms with Crippen LogP contribution in [-0.4, -0.2) is 19.5 Å². The van der Waals surface area contributed by atoms with Gasteiger partial charge in [0.25, 0.3) is 0 Å². The molecule has 0 N–H and O–H groups in total. The zero-order valence-electron chi connectivity index (χ0n) is 30.4. The van der Waals surface area contributed by atoms with E-state index in [2.05, 4.69) is 120 Å². The first-order valence-corrected chi connectivity index (χ1v) is 19.0. The molecule has 4 aromatic heterocycles. The van der Waals surface area contributed by atoms with E-state index in [0.717, 1.165) is 88.4 Å². The van der Waals surface area contributed by atoms with Crippen LogP contribution in [-0.2, 0) is 0 Å². The Morgan fingerprint density at radius 1 is 0.333 bits per heavy atom. The molecule has 8 aromatic carbocycles. The average molecular weight is 731 g/mol. The van der Waals surface area contributed by atoms with E-state index in [9.17, 15) is 0 Å². The normalized spacial score (nSPS) is 11.9. The number of furan rings is 2. The number of rotatable bonds is 5. The minimum atomic E-state index is 0.565. The smallest absolute Gasteiger partial charge is 0.166 e. The van der Waals surface area contributed by atoms with Crippen molar-refractivity contribution in [1.82, 2.24) is 19.5 Å². The Morgan fingerprint density at radius 3 is 1.75 bits per heavy atom. The van der Waals surface area contributed by atoms with E-state index in [1.165, 1.54) is 10.8 Å². The first kappa shape index (κ1) is 31.5. The lowest BCUT2D eigenvalue weighted by molar-refractivity contribution is 0.668. The molecule has 57 heavy (non-hydrogen) atoms. The molecule has 0 atom stereocenters. The summed E-state index contributed by atoms with van der Waals surface area (Å²) in [5.74, 6) is 1.75. The standard InChI is InChI=1S/C51H30N4O2/c1-2-13-31(14-3-1)49-52-50(54-51(53-49)40-18-6-10-23-44(40)55-42-21-8-4-15-35(42)36-16-5-9-22-43(36)55)33-25-27-38-41-29-32(26-28-46(41)56-47(38)30-33)34-19-12-20-39-37-17-7-11-24-45(37)57-48(34)39/h1-30H. The number of fused-ring (bicyclic) bond motifs is 9. The third-order valence-corrected chi connectivity index (χ3v) is 11.1. The lowest BCUT2D eigenvalue weighted by Gasteiger charge is -2.14. The van der Waals surface area contributed by atoms with Crippen molar-refractivity contribution in [2.45, 2.75) is 0 Å². The summed E-state index contributed by atoms with van der Waals surface area (Å²) in [4.78, 5) is 15.4. The minimum Gasteiger partial charge on any atom is -0.456 e. The third-order valence-electron chi connectivity index (χ3n) is 11.1. The topological polar surface area (TPSA) is 69.9 Å². The summed E-state index contributed by atoms with van der Waals surface area (Å²) in [6.07, 6.45) is 0. The molecule has 266 valence electrons. The maximum atomic E-state index is 6.52. The molecule has 0 unspecified atom stereocenters. The summed E-state index contributed by atoms with van der Waals surface area (Å²) >= 11 is 0. The van der Waals surface area contributed by atoms with Crippen molar-refractivity contribution in [3.63, 3.8) is 0 Å². The van der Waals surface area contributed by atoms with Crippen molar-refractivity contribution in [1.29, 1.82) is 0 Å². The summed E-state index contributed by atoms with van der Waals surface area (Å²) < 4.78 is 15.2. The van der Waals surface area contributed by atoms with Gasteiger partial charge in [0.15, 0.2) is 17.5 Å². The molecule has 4 heterocycles. The Morgan fingerprint density at radius 2 is 0.930 bits per heavy atom. The third kappa shape index (κ3) is 4.94. The van der Waals surface area contributed by atoms with Gasteiger partial charge in [0, 0.05) is 54.6 Å². The van der Waals surface area contributed by atoms with Crippen molar-refractivity contribution in [2.75, 3.05) is 0 Å². The highest BCUT2D eigenvalue weighted by Gasteiger charge is 2.20. The number of para-hydroxylation sites is 5. The number of benzene rings is 8. The molecule has 0 amide bonds. The van der Waals surface area contributed by atoms with Gasteiger partial charge in [-0.2, -0.15) is 0 Å². The second-order valence-corrected chi connectivity index (χ2v) is 14.4. The van der Waals surface area contributed by atoms with Crippen molar-refractivity contribution >= 4 is 65.7 Å². The van der Waals surface area contributed by atoms with Crippen LogP contribution >= 0.6 is 0 Å². The summed E-state index contributed by atoms with van der Waals surface area (Å²) in [6, 6.07) is 62.6. The van der Waals surface area contributed by atoms with Crippen LogP contribution in [0.1, 0.15) is 0 Å². The van der Waals surface area contributed by atoms with E-state index >= 15 is 0 Å². The van der Waals surface area contributed by atoms with Crippen LogP contribution in [0.3, 0.4) is 0 Å². The van der Waals surface area contributed by atoms with Crippen LogP contribution in [0.4, 0.5) is 0 Å². The number of hydrogen-bond donors (Lipinski definition) is 0. The Bertz CT molecular complexity index is 3490. The predicted octanol–water partition coefficient (Wildman–Crippen LogP) is 13.4. The second-order valence-electron chi connectivity index (χ2n) is 14.4. The summed E-state index contributed by atoms with van der Waals surface area (Å²) in [7, 11) is 0. The van der Waals surface area contributed by atoms with E-state index < -0.39 is 0 Å². The fourth-order valence-electron chi connectivity index (χ4n) is 8.44. The molecule has 12 rings (SSSR count). The molecule has 0 saturated heterocycles. The second kappa shape index (κ2) is 12.3. The number of aromatic nitrogens is 4. The highest BCUT2D eigenvalue weighted by molar-refractivity contribution is 6.12. The van der Waals surface area contributed by atoms with Gasteiger partial charge in [-0.25, -0.2) is 15.0 Å². The molecule has 0 fully saturated rings. The van der Waals surface area contributed by atoms with Gasteiger partial charge in [-0.05, 0) is 60.2 Å². The number of nitrogens with zero attached hydrogens (tertiary/aromatic N) is 4. The number of hydrogen-bond acceptors (Lipinski definition) is 5. The van der Waals surface area contributed by atoms with Gasteiger partial charge < -0.3 is 13.4 Å². The van der Waals surface area contributed by atoms with Crippen LogP contribution in [0.25, 0.3) is 117 Å². The van der Waals surface area contributed by atoms with Gasteiger partial charge in [-0.15, -0.1) is 0 Å². The molecule has 0 aliphatic rings. The molecule has 0 spiro atoms. The fourth-order valence-corrected chi connectivity index (χ4v) is 8.44. The Balaban J connectivity index is 1.02. The van der Waals surface area contributed by atoms with E-state index in [-0.39, 0.29) is 0 Å². The summed E-state index contributed by atoms with van der Waals surface area (Å²) in [6.45, 7) is 0. The molecule has 6 nitrogen and oxygen atoms in total. The summed E-state index contributed by atoms with van der Waals surface area (Å²) in [5, 5.41) is 6.66. The molecule has 12 aromatic rings. The molecule has 0 aliphatic heterocycles. The molecule has 0 aliphatic carbocycles. The van der Waals surface area contributed by atoms with Crippen LogP contribution < -0.4 is 0 Å². The van der Waals surface area contributed by atoms with Gasteiger partial charge in [0.2, 0.25) is 0 Å². The zero-order chi connectivity index (χ0) is 37.5. The minimum absolute atomic E-state index is 0.565. The first-order chi connectivity index (χ1) is 28.2. The van der Waals surface area contributed by atoms with Crippen LogP contribution in [0.5, 0.6) is 0 Å². The predicted molar refractivity (Wildman–Crippen MR) is 230 cm³/mol. The van der Waals surface area contributed by atoms with Gasteiger partial charge in [0.1, 0.15) is 22.3 Å². The van der Waals surface area contributed by atoms with E-state index in [1.807, 2.05) is 66.7 Å². The van der Waals surface area contributed by atoms with Crippen LogP contribution in [0.15, 0.2) is 191 Å². The van der Waals surface area contributed by atoms with Gasteiger partial charge in [0.05, 0.1) is 16.7 Å². The van der Waals surface area contributed by atoms with Crippen molar-refractivity contribution in [2.24, 2.45) is 0 Å². The molecule has 0 bridgehead atoms. The van der Waals surface area contributed by atoms with Crippen molar-refractivity contribution < 1.29 is 8.83 Å².